The minimum Gasteiger partial charge on any atom is -0.493 e. The van der Waals surface area contributed by atoms with Crippen molar-refractivity contribution in [1.82, 2.24) is 5.32 Å². The second-order valence-corrected chi connectivity index (χ2v) is 5.77. The molecule has 0 aliphatic rings. The number of nitrogens with one attached hydrogen (secondary N) is 1. The van der Waals surface area contributed by atoms with Gasteiger partial charge in [-0.15, -0.1) is 0 Å². The molecule has 2 N–H and O–H groups in total. The highest BCUT2D eigenvalue weighted by Crippen LogP contribution is 2.28. The van der Waals surface area contributed by atoms with Gasteiger partial charge >= 0.3 is 0 Å². The van der Waals surface area contributed by atoms with E-state index in [0.717, 1.165) is 25.0 Å². The van der Waals surface area contributed by atoms with Gasteiger partial charge in [0.15, 0.2) is 0 Å². The zero-order chi connectivity index (χ0) is 15.0. The summed E-state index contributed by atoms with van der Waals surface area (Å²) >= 11 is 0. The first-order valence-electron chi connectivity index (χ1n) is 7.57. The fourth-order valence-electron chi connectivity index (χ4n) is 2.17. The molecule has 2 unspecified atom stereocenters. The van der Waals surface area contributed by atoms with Gasteiger partial charge in [0.05, 0.1) is 13.2 Å². The number of hydrogen-bond donors (Lipinski definition) is 2. The van der Waals surface area contributed by atoms with Gasteiger partial charge in [-0.25, -0.2) is 0 Å². The number of aliphatic hydroxyl groups is 1. The average Bonchev–Trinajstić information content (AvgIpc) is 2.51. The maximum absolute atomic E-state index is 9.35. The molecule has 3 heteroatoms. The SMILES string of the molecule is CCC(C)c1ccccc1OCCCC(C)(CO)NC. The van der Waals surface area contributed by atoms with Crippen LogP contribution in [0.2, 0.25) is 0 Å². The van der Waals surface area contributed by atoms with Gasteiger partial charge < -0.3 is 15.2 Å². The van der Waals surface area contributed by atoms with Crippen LogP contribution in [0.25, 0.3) is 0 Å². The molecule has 0 radical (unpaired) electrons. The predicted octanol–water partition coefficient (Wildman–Crippen LogP) is 3.33. The molecule has 1 rings (SSSR count). The Labute approximate surface area is 123 Å². The molecule has 20 heavy (non-hydrogen) atoms. The summed E-state index contributed by atoms with van der Waals surface area (Å²) in [5, 5.41) is 12.5. The Morgan fingerprint density at radius 2 is 2.05 bits per heavy atom. The van der Waals surface area contributed by atoms with Gasteiger partial charge in [0.25, 0.3) is 0 Å². The Balaban J connectivity index is 2.50. The molecule has 1 aromatic carbocycles. The van der Waals surface area contributed by atoms with Crippen molar-refractivity contribution in [2.45, 2.75) is 51.5 Å². The summed E-state index contributed by atoms with van der Waals surface area (Å²) in [4.78, 5) is 0. The summed E-state index contributed by atoms with van der Waals surface area (Å²) in [6.07, 6.45) is 2.93. The summed E-state index contributed by atoms with van der Waals surface area (Å²) in [7, 11) is 1.88. The number of ether oxygens (including phenoxy) is 1. The van der Waals surface area contributed by atoms with Gasteiger partial charge in [-0.2, -0.15) is 0 Å². The molecule has 114 valence electrons. The summed E-state index contributed by atoms with van der Waals surface area (Å²) in [5.41, 5.74) is 1.08. The fourth-order valence-corrected chi connectivity index (χ4v) is 2.17. The smallest absolute Gasteiger partial charge is 0.122 e. The van der Waals surface area contributed by atoms with E-state index in [9.17, 15) is 5.11 Å². The van der Waals surface area contributed by atoms with Crippen molar-refractivity contribution >= 4 is 0 Å². The van der Waals surface area contributed by atoms with E-state index in [-0.39, 0.29) is 12.1 Å². The third-order valence-corrected chi connectivity index (χ3v) is 4.15. The van der Waals surface area contributed by atoms with Crippen molar-refractivity contribution < 1.29 is 9.84 Å². The van der Waals surface area contributed by atoms with Crippen molar-refractivity contribution in [3.63, 3.8) is 0 Å². The summed E-state index contributed by atoms with van der Waals surface area (Å²) in [5.74, 6) is 1.52. The molecule has 2 atom stereocenters. The highest BCUT2D eigenvalue weighted by Gasteiger charge is 2.20. The third-order valence-electron chi connectivity index (χ3n) is 4.15. The van der Waals surface area contributed by atoms with E-state index in [1.54, 1.807) is 0 Å². The van der Waals surface area contributed by atoms with Crippen LogP contribution < -0.4 is 10.1 Å². The second-order valence-electron chi connectivity index (χ2n) is 5.77. The van der Waals surface area contributed by atoms with Gasteiger partial charge in [-0.3, -0.25) is 0 Å². The van der Waals surface area contributed by atoms with Crippen LogP contribution in [0.3, 0.4) is 0 Å². The molecule has 0 aliphatic carbocycles. The molecule has 0 bridgehead atoms. The average molecular weight is 279 g/mol. The Morgan fingerprint density at radius 3 is 2.65 bits per heavy atom. The summed E-state index contributed by atoms with van der Waals surface area (Å²) in [6, 6.07) is 8.28. The first kappa shape index (κ1) is 17.0. The number of hydrogen-bond acceptors (Lipinski definition) is 3. The Bertz CT molecular complexity index is 388. The molecule has 0 saturated carbocycles. The van der Waals surface area contributed by atoms with Crippen molar-refractivity contribution in [3.8, 4) is 5.75 Å². The van der Waals surface area contributed by atoms with Crippen molar-refractivity contribution in [2.75, 3.05) is 20.3 Å². The van der Waals surface area contributed by atoms with E-state index < -0.39 is 0 Å². The lowest BCUT2D eigenvalue weighted by molar-refractivity contribution is 0.163. The molecule has 0 saturated heterocycles. The second kappa shape index (κ2) is 8.28. The summed E-state index contributed by atoms with van der Waals surface area (Å²) < 4.78 is 5.94. The lowest BCUT2D eigenvalue weighted by atomic mass is 9.97. The van der Waals surface area contributed by atoms with Gasteiger partial charge in [-0.05, 0) is 50.8 Å². The zero-order valence-electron chi connectivity index (χ0n) is 13.3. The quantitative estimate of drug-likeness (QED) is 0.681. The molecule has 3 nitrogen and oxygen atoms in total. The molecule has 1 aromatic rings. The molecular weight excluding hydrogens is 250 g/mol. The van der Waals surface area contributed by atoms with Crippen LogP contribution in [-0.2, 0) is 0 Å². The minimum absolute atomic E-state index is 0.146. The third kappa shape index (κ3) is 4.80. The van der Waals surface area contributed by atoms with Gasteiger partial charge in [-0.1, -0.05) is 32.0 Å². The standard InChI is InChI=1S/C17H29NO2/c1-5-14(2)15-9-6-7-10-16(15)20-12-8-11-17(3,13-19)18-4/h6-7,9-10,14,18-19H,5,8,11-13H2,1-4H3. The lowest BCUT2D eigenvalue weighted by Gasteiger charge is -2.26. The van der Waals surface area contributed by atoms with Gasteiger partial charge in [0.1, 0.15) is 5.75 Å². The topological polar surface area (TPSA) is 41.5 Å². The van der Waals surface area contributed by atoms with Crippen molar-refractivity contribution in [3.05, 3.63) is 29.8 Å². The molecule has 0 heterocycles. The highest BCUT2D eigenvalue weighted by atomic mass is 16.5. The van der Waals surface area contributed by atoms with E-state index in [4.69, 9.17) is 4.74 Å². The van der Waals surface area contributed by atoms with E-state index in [2.05, 4.69) is 31.3 Å². The number of likely N-dealkylation sites (N-methyl/N-ethyl adjacent to an activating group) is 1. The van der Waals surface area contributed by atoms with Crippen molar-refractivity contribution in [2.24, 2.45) is 0 Å². The number of para-hydroxylation sites is 1. The van der Waals surface area contributed by atoms with E-state index in [0.29, 0.717) is 12.5 Å². The summed E-state index contributed by atoms with van der Waals surface area (Å²) in [6.45, 7) is 7.28. The predicted molar refractivity (Wildman–Crippen MR) is 84.4 cm³/mol. The normalized spacial score (nSPS) is 15.7. The lowest BCUT2D eigenvalue weighted by Crippen LogP contribution is -2.43. The van der Waals surface area contributed by atoms with E-state index >= 15 is 0 Å². The van der Waals surface area contributed by atoms with Crippen LogP contribution in [0.5, 0.6) is 5.75 Å². The molecule has 0 spiro atoms. The largest absolute Gasteiger partial charge is 0.493 e. The molecule has 0 aliphatic heterocycles. The van der Waals surface area contributed by atoms with Crippen LogP contribution in [0.15, 0.2) is 24.3 Å². The maximum Gasteiger partial charge on any atom is 0.122 e. The van der Waals surface area contributed by atoms with Crippen LogP contribution >= 0.6 is 0 Å². The first-order chi connectivity index (χ1) is 9.56. The number of benzene rings is 1. The van der Waals surface area contributed by atoms with E-state index in [1.165, 1.54) is 5.56 Å². The van der Waals surface area contributed by atoms with Crippen LogP contribution in [-0.4, -0.2) is 30.9 Å². The molecule has 0 fully saturated rings. The Kier molecular flexibility index (Phi) is 7.03. The molecular formula is C17H29NO2. The van der Waals surface area contributed by atoms with E-state index in [1.807, 2.05) is 26.1 Å². The van der Waals surface area contributed by atoms with Crippen LogP contribution in [0.1, 0.15) is 51.5 Å². The van der Waals surface area contributed by atoms with Gasteiger partial charge in [0.2, 0.25) is 0 Å². The number of aliphatic hydroxyl groups excluding tert-OH is 1. The number of rotatable bonds is 9. The minimum atomic E-state index is -0.209. The fraction of sp³-hybridized carbons (Fsp3) is 0.647. The van der Waals surface area contributed by atoms with Crippen molar-refractivity contribution in [1.29, 1.82) is 0 Å². The molecule has 0 aromatic heterocycles. The van der Waals surface area contributed by atoms with Gasteiger partial charge in [0, 0.05) is 5.54 Å². The zero-order valence-corrected chi connectivity index (χ0v) is 13.3. The van der Waals surface area contributed by atoms with Crippen LogP contribution in [0, 0.1) is 0 Å². The molecule has 0 amide bonds. The Hall–Kier alpha value is -1.06. The maximum atomic E-state index is 9.35. The monoisotopic (exact) mass is 279 g/mol. The highest BCUT2D eigenvalue weighted by molar-refractivity contribution is 5.35. The first-order valence-corrected chi connectivity index (χ1v) is 7.57. The van der Waals surface area contributed by atoms with Crippen LogP contribution in [0.4, 0.5) is 0 Å². The Morgan fingerprint density at radius 1 is 1.35 bits per heavy atom.